The van der Waals surface area contributed by atoms with Crippen LogP contribution in [0, 0.1) is 6.92 Å². The number of hydrogen-bond acceptors (Lipinski definition) is 3. The number of aromatic nitrogens is 2. The van der Waals surface area contributed by atoms with Crippen LogP contribution in [0.25, 0.3) is 0 Å². The summed E-state index contributed by atoms with van der Waals surface area (Å²) in [4.78, 5) is 4.58. The molecule has 0 aliphatic carbocycles. The van der Waals surface area contributed by atoms with E-state index in [1.165, 1.54) is 0 Å². The standard InChI is InChI=1S/C18H27N5O.HI/c1-4-19-18(21-14-16-10-12-22-23(16)3)20-11-7-13-24-17-9-6-5-8-15(17)2;/h5-6,8-10,12H,4,7,11,13-14H2,1-3H3,(H2,19,20,21);1H. The fraction of sp³-hybridized carbons (Fsp3) is 0.444. The molecule has 0 aliphatic rings. The van der Waals surface area contributed by atoms with Gasteiger partial charge in [-0.25, -0.2) is 4.99 Å². The SMILES string of the molecule is CCNC(=NCc1ccnn1C)NCCCOc1ccccc1C.I. The van der Waals surface area contributed by atoms with Gasteiger partial charge in [0.25, 0.3) is 0 Å². The number of halogens is 1. The summed E-state index contributed by atoms with van der Waals surface area (Å²) in [6.45, 7) is 7.04. The van der Waals surface area contributed by atoms with E-state index in [1.54, 1.807) is 6.20 Å². The van der Waals surface area contributed by atoms with Crippen molar-refractivity contribution in [3.63, 3.8) is 0 Å². The summed E-state index contributed by atoms with van der Waals surface area (Å²) >= 11 is 0. The quantitative estimate of drug-likeness (QED) is 0.277. The van der Waals surface area contributed by atoms with Gasteiger partial charge in [0, 0.05) is 26.3 Å². The molecule has 0 bridgehead atoms. The number of rotatable bonds is 8. The van der Waals surface area contributed by atoms with Crippen molar-refractivity contribution in [1.29, 1.82) is 0 Å². The smallest absolute Gasteiger partial charge is 0.191 e. The number of aliphatic imine (C=N–C) groups is 1. The van der Waals surface area contributed by atoms with Crippen LogP contribution in [0.2, 0.25) is 0 Å². The molecule has 7 heteroatoms. The van der Waals surface area contributed by atoms with E-state index < -0.39 is 0 Å². The largest absolute Gasteiger partial charge is 0.493 e. The van der Waals surface area contributed by atoms with Crippen molar-refractivity contribution in [2.45, 2.75) is 26.8 Å². The van der Waals surface area contributed by atoms with Crippen molar-refractivity contribution in [3.05, 3.63) is 47.8 Å². The number of guanidine groups is 1. The van der Waals surface area contributed by atoms with Crippen molar-refractivity contribution in [3.8, 4) is 5.75 Å². The molecule has 0 saturated heterocycles. The highest BCUT2D eigenvalue weighted by atomic mass is 127. The van der Waals surface area contributed by atoms with Crippen LogP contribution in [0.3, 0.4) is 0 Å². The lowest BCUT2D eigenvalue weighted by atomic mass is 10.2. The van der Waals surface area contributed by atoms with E-state index in [0.29, 0.717) is 13.2 Å². The van der Waals surface area contributed by atoms with Crippen molar-refractivity contribution in [2.24, 2.45) is 12.0 Å². The van der Waals surface area contributed by atoms with Crippen molar-refractivity contribution >= 4 is 29.9 Å². The van der Waals surface area contributed by atoms with Gasteiger partial charge in [0.1, 0.15) is 5.75 Å². The molecule has 1 aromatic carbocycles. The number of para-hydroxylation sites is 1. The van der Waals surface area contributed by atoms with E-state index in [4.69, 9.17) is 4.74 Å². The summed E-state index contributed by atoms with van der Waals surface area (Å²) in [7, 11) is 1.92. The first-order chi connectivity index (χ1) is 11.7. The molecular formula is C18H28IN5O. The normalized spacial score (nSPS) is 10.9. The van der Waals surface area contributed by atoms with Crippen LogP contribution in [0.15, 0.2) is 41.5 Å². The van der Waals surface area contributed by atoms with Crippen LogP contribution >= 0.6 is 24.0 Å². The Morgan fingerprint density at radius 3 is 2.72 bits per heavy atom. The lowest BCUT2D eigenvalue weighted by Gasteiger charge is -2.12. The second-order valence-corrected chi connectivity index (χ2v) is 5.54. The van der Waals surface area contributed by atoms with E-state index in [2.05, 4.69) is 40.6 Å². The van der Waals surface area contributed by atoms with E-state index in [-0.39, 0.29) is 24.0 Å². The molecular weight excluding hydrogens is 429 g/mol. The topological polar surface area (TPSA) is 63.5 Å². The van der Waals surface area contributed by atoms with E-state index >= 15 is 0 Å². The van der Waals surface area contributed by atoms with Gasteiger partial charge in [-0.1, -0.05) is 18.2 Å². The Morgan fingerprint density at radius 1 is 1.24 bits per heavy atom. The van der Waals surface area contributed by atoms with Crippen LogP contribution in [0.5, 0.6) is 5.75 Å². The van der Waals surface area contributed by atoms with Crippen LogP contribution < -0.4 is 15.4 Å². The van der Waals surface area contributed by atoms with Gasteiger partial charge in [-0.2, -0.15) is 5.10 Å². The molecule has 6 nitrogen and oxygen atoms in total. The minimum atomic E-state index is 0. The maximum atomic E-state index is 5.80. The van der Waals surface area contributed by atoms with E-state index in [1.807, 2.05) is 36.0 Å². The average Bonchev–Trinajstić information content (AvgIpc) is 2.99. The Labute approximate surface area is 167 Å². The molecule has 2 rings (SSSR count). The molecule has 0 amide bonds. The van der Waals surface area contributed by atoms with Crippen molar-refractivity contribution in [1.82, 2.24) is 20.4 Å². The second kappa shape index (κ2) is 11.7. The molecule has 1 heterocycles. The van der Waals surface area contributed by atoms with Crippen LogP contribution in [-0.4, -0.2) is 35.4 Å². The first-order valence-corrected chi connectivity index (χ1v) is 8.38. The highest BCUT2D eigenvalue weighted by Crippen LogP contribution is 2.15. The molecule has 2 N–H and O–H groups in total. The zero-order chi connectivity index (χ0) is 17.2. The maximum absolute atomic E-state index is 5.80. The van der Waals surface area contributed by atoms with Crippen LogP contribution in [0.1, 0.15) is 24.6 Å². The van der Waals surface area contributed by atoms with Gasteiger partial charge in [-0.15, -0.1) is 24.0 Å². The Bertz CT molecular complexity index is 656. The summed E-state index contributed by atoms with van der Waals surface area (Å²) in [5, 5.41) is 10.7. The molecule has 0 saturated carbocycles. The van der Waals surface area contributed by atoms with Gasteiger partial charge in [-0.3, -0.25) is 4.68 Å². The van der Waals surface area contributed by atoms with Crippen LogP contribution in [0.4, 0.5) is 0 Å². The van der Waals surface area contributed by atoms with Gasteiger partial charge >= 0.3 is 0 Å². The third-order valence-corrected chi connectivity index (χ3v) is 3.63. The highest BCUT2D eigenvalue weighted by Gasteiger charge is 2.01. The number of ether oxygens (including phenoxy) is 1. The molecule has 25 heavy (non-hydrogen) atoms. The molecule has 0 fully saturated rings. The first kappa shape index (κ1) is 21.3. The van der Waals surface area contributed by atoms with Crippen molar-refractivity contribution in [2.75, 3.05) is 19.7 Å². The predicted molar refractivity (Wildman–Crippen MR) is 113 cm³/mol. The molecule has 0 spiro atoms. The second-order valence-electron chi connectivity index (χ2n) is 5.54. The molecule has 0 unspecified atom stereocenters. The van der Waals surface area contributed by atoms with Gasteiger partial charge in [-0.05, 0) is 38.0 Å². The number of nitrogens with zero attached hydrogens (tertiary/aromatic N) is 3. The number of aryl methyl sites for hydroxylation is 2. The van der Waals surface area contributed by atoms with Crippen LogP contribution in [-0.2, 0) is 13.6 Å². The third-order valence-electron chi connectivity index (χ3n) is 3.63. The summed E-state index contributed by atoms with van der Waals surface area (Å²) in [5.74, 6) is 1.77. The third kappa shape index (κ3) is 7.33. The summed E-state index contributed by atoms with van der Waals surface area (Å²) < 4.78 is 7.64. The summed E-state index contributed by atoms with van der Waals surface area (Å²) in [6, 6.07) is 10.0. The molecule has 1 aromatic heterocycles. The number of benzene rings is 1. The zero-order valence-electron chi connectivity index (χ0n) is 15.2. The monoisotopic (exact) mass is 457 g/mol. The Hall–Kier alpha value is -1.77. The zero-order valence-corrected chi connectivity index (χ0v) is 17.5. The van der Waals surface area contributed by atoms with Gasteiger partial charge in [0.05, 0.1) is 18.8 Å². The minimum Gasteiger partial charge on any atom is -0.493 e. The number of nitrogens with one attached hydrogen (secondary N) is 2. The van der Waals surface area contributed by atoms with E-state index in [0.717, 1.165) is 42.5 Å². The predicted octanol–water partition coefficient (Wildman–Crippen LogP) is 2.87. The van der Waals surface area contributed by atoms with Gasteiger partial charge in [0.2, 0.25) is 0 Å². The fourth-order valence-electron chi connectivity index (χ4n) is 2.24. The molecule has 0 atom stereocenters. The Balaban J connectivity index is 0.00000312. The molecule has 0 radical (unpaired) electrons. The highest BCUT2D eigenvalue weighted by molar-refractivity contribution is 14.0. The summed E-state index contributed by atoms with van der Waals surface area (Å²) in [5.41, 5.74) is 2.24. The lowest BCUT2D eigenvalue weighted by Crippen LogP contribution is -2.38. The van der Waals surface area contributed by atoms with E-state index in [9.17, 15) is 0 Å². The summed E-state index contributed by atoms with van der Waals surface area (Å²) in [6.07, 6.45) is 2.69. The van der Waals surface area contributed by atoms with Crippen molar-refractivity contribution < 1.29 is 4.74 Å². The number of hydrogen-bond donors (Lipinski definition) is 2. The maximum Gasteiger partial charge on any atom is 0.191 e. The van der Waals surface area contributed by atoms with Gasteiger partial charge in [0.15, 0.2) is 5.96 Å². The lowest BCUT2D eigenvalue weighted by molar-refractivity contribution is 0.309. The molecule has 2 aromatic rings. The first-order valence-electron chi connectivity index (χ1n) is 8.38. The van der Waals surface area contributed by atoms with Gasteiger partial charge < -0.3 is 15.4 Å². The average molecular weight is 457 g/mol. The molecule has 0 aliphatic heterocycles. The Kier molecular flexibility index (Phi) is 9.98. The minimum absolute atomic E-state index is 0. The fourth-order valence-corrected chi connectivity index (χ4v) is 2.24. The molecule has 138 valence electrons. The Morgan fingerprint density at radius 2 is 2.04 bits per heavy atom.